The van der Waals surface area contributed by atoms with Crippen molar-refractivity contribution in [2.75, 3.05) is 5.73 Å². The normalized spacial score (nSPS) is 11.0. The molecular formula is C8H6N8. The summed E-state index contributed by atoms with van der Waals surface area (Å²) in [7, 11) is 0. The minimum Gasteiger partial charge on any atom is -0.385 e. The fourth-order valence-corrected chi connectivity index (χ4v) is 1.38. The number of nitrogen functional groups attached to an aromatic ring is 1. The second-order valence-corrected chi connectivity index (χ2v) is 3.14. The van der Waals surface area contributed by atoms with E-state index >= 15 is 0 Å². The van der Waals surface area contributed by atoms with Crippen molar-refractivity contribution in [2.24, 2.45) is 0 Å². The molecule has 1 aromatic rings. The van der Waals surface area contributed by atoms with Crippen LogP contribution in [0.5, 0.6) is 0 Å². The third-order valence-corrected chi connectivity index (χ3v) is 2.01. The summed E-state index contributed by atoms with van der Waals surface area (Å²) in [6.07, 6.45) is 1.34. The first kappa shape index (κ1) is 8.65. The van der Waals surface area contributed by atoms with E-state index in [0.29, 0.717) is 22.8 Å². The molecule has 1 aromatic heterocycles. The molecule has 78 valence electrons. The summed E-state index contributed by atoms with van der Waals surface area (Å²) in [4.78, 5) is 22.6. The van der Waals surface area contributed by atoms with Gasteiger partial charge in [-0.3, -0.25) is 5.41 Å². The molecule has 8 heteroatoms. The fourth-order valence-electron chi connectivity index (χ4n) is 1.38. The number of nitrogens with zero attached hydrogens (tertiary/aromatic N) is 5. The number of imidazole rings is 1. The lowest BCUT2D eigenvalue weighted by Crippen LogP contribution is -2.09. The smallest absolute Gasteiger partial charge is 0.244 e. The summed E-state index contributed by atoms with van der Waals surface area (Å²) >= 11 is 0. The number of hydrogen-bond donors (Lipinski definition) is 3. The van der Waals surface area contributed by atoms with Gasteiger partial charge in [0.05, 0.1) is 0 Å². The van der Waals surface area contributed by atoms with Crippen LogP contribution in [0.4, 0.5) is 5.82 Å². The molecule has 0 atom stereocenters. The Kier molecular flexibility index (Phi) is 1.58. The molecule has 0 unspecified atom stereocenters. The Morgan fingerprint density at radius 2 is 1.88 bits per heavy atom. The zero-order valence-corrected chi connectivity index (χ0v) is 7.97. The zero-order valence-electron chi connectivity index (χ0n) is 7.97. The maximum absolute atomic E-state index is 7.54. The van der Waals surface area contributed by atoms with Gasteiger partial charge < -0.3 is 10.7 Å². The zero-order chi connectivity index (χ0) is 11.1. The molecule has 4 N–H and O–H groups in total. The summed E-state index contributed by atoms with van der Waals surface area (Å²) in [5.41, 5.74) is 6.36. The molecule has 8 nitrogen and oxygen atoms in total. The summed E-state index contributed by atoms with van der Waals surface area (Å²) in [6.45, 7) is 0. The van der Waals surface area contributed by atoms with Crippen LogP contribution in [0.3, 0.4) is 0 Å². The first-order valence-electron chi connectivity index (χ1n) is 4.42. The average Bonchev–Trinajstić information content (AvgIpc) is 2.74. The lowest BCUT2D eigenvalue weighted by atomic mass is 10.5. The van der Waals surface area contributed by atoms with Gasteiger partial charge in [0.1, 0.15) is 17.7 Å². The average molecular weight is 214 g/mol. The predicted octanol–water partition coefficient (Wildman–Crippen LogP) is -0.691. The molecule has 0 amide bonds. The number of fused-ring (bicyclic) bond motifs is 2. The number of aromatic nitrogens is 6. The Hall–Kier alpha value is -2.64. The second-order valence-electron chi connectivity index (χ2n) is 3.14. The van der Waals surface area contributed by atoms with E-state index in [1.165, 1.54) is 6.33 Å². The first-order chi connectivity index (χ1) is 7.72. The molecule has 3 rings (SSSR count). The van der Waals surface area contributed by atoms with Gasteiger partial charge in [0.2, 0.25) is 17.3 Å². The molecule has 0 saturated carbocycles. The number of nitrogens with one attached hydrogen (secondary N) is 2. The van der Waals surface area contributed by atoms with E-state index < -0.39 is 0 Å². The lowest BCUT2D eigenvalue weighted by molar-refractivity contribution is 0.985. The van der Waals surface area contributed by atoms with Gasteiger partial charge in [-0.05, 0) is 0 Å². The van der Waals surface area contributed by atoms with Gasteiger partial charge in [-0.1, -0.05) is 0 Å². The monoisotopic (exact) mass is 214 g/mol. The van der Waals surface area contributed by atoms with Crippen LogP contribution < -0.4 is 11.4 Å². The Morgan fingerprint density at radius 3 is 2.69 bits per heavy atom. The number of anilines is 1. The van der Waals surface area contributed by atoms with Crippen LogP contribution in [0, 0.1) is 5.41 Å². The minimum absolute atomic E-state index is 0.156. The van der Waals surface area contributed by atoms with Crippen molar-refractivity contribution in [1.82, 2.24) is 29.9 Å². The van der Waals surface area contributed by atoms with Crippen LogP contribution in [-0.4, -0.2) is 29.9 Å². The lowest BCUT2D eigenvalue weighted by Gasteiger charge is -1.89. The molecule has 2 aliphatic heterocycles. The minimum atomic E-state index is -0.156. The van der Waals surface area contributed by atoms with E-state index in [1.807, 2.05) is 0 Å². The molecule has 16 heavy (non-hydrogen) atoms. The molecule has 0 saturated heterocycles. The molecule has 0 radical (unpaired) electrons. The van der Waals surface area contributed by atoms with Crippen molar-refractivity contribution in [3.05, 3.63) is 18.0 Å². The molecule has 0 fully saturated rings. The van der Waals surface area contributed by atoms with Gasteiger partial charge in [-0.2, -0.15) is 4.98 Å². The first-order valence-corrected chi connectivity index (χ1v) is 4.42. The van der Waals surface area contributed by atoms with Gasteiger partial charge >= 0.3 is 0 Å². The van der Waals surface area contributed by atoms with Gasteiger partial charge in [0.25, 0.3) is 0 Å². The van der Waals surface area contributed by atoms with Crippen LogP contribution in [-0.2, 0) is 0 Å². The van der Waals surface area contributed by atoms with Gasteiger partial charge in [0, 0.05) is 6.07 Å². The molecule has 0 aromatic carbocycles. The van der Waals surface area contributed by atoms with Crippen molar-refractivity contribution in [3.63, 3.8) is 0 Å². The Bertz CT molecular complexity index is 702. The third-order valence-electron chi connectivity index (χ3n) is 2.01. The van der Waals surface area contributed by atoms with Crippen molar-refractivity contribution in [3.8, 4) is 11.6 Å². The van der Waals surface area contributed by atoms with E-state index in [4.69, 9.17) is 11.1 Å². The Morgan fingerprint density at radius 1 is 1.12 bits per heavy atom. The number of hydrogen-bond acceptors (Lipinski definition) is 7. The molecule has 0 bridgehead atoms. The van der Waals surface area contributed by atoms with E-state index in [-0.39, 0.29) is 11.4 Å². The highest BCUT2D eigenvalue weighted by atomic mass is 15.1. The van der Waals surface area contributed by atoms with E-state index in [2.05, 4.69) is 29.9 Å². The molecule has 2 aliphatic rings. The highest BCUT2D eigenvalue weighted by molar-refractivity contribution is 5.75. The predicted molar refractivity (Wildman–Crippen MR) is 54.2 cm³/mol. The van der Waals surface area contributed by atoms with Crippen LogP contribution in [0.15, 0.2) is 12.4 Å². The summed E-state index contributed by atoms with van der Waals surface area (Å²) < 4.78 is 0. The summed E-state index contributed by atoms with van der Waals surface area (Å²) in [5.74, 6) is 1.06. The highest BCUT2D eigenvalue weighted by Gasteiger charge is 2.08. The summed E-state index contributed by atoms with van der Waals surface area (Å²) in [5, 5.41) is 7.54. The summed E-state index contributed by atoms with van der Waals surface area (Å²) in [6, 6.07) is 1.59. The number of H-pyrrole nitrogens is 1. The Labute approximate surface area is 88.5 Å². The molecular weight excluding hydrogens is 208 g/mol. The van der Waals surface area contributed by atoms with Crippen molar-refractivity contribution < 1.29 is 0 Å². The largest absolute Gasteiger partial charge is 0.385 e. The van der Waals surface area contributed by atoms with Crippen molar-refractivity contribution >= 4 is 17.0 Å². The van der Waals surface area contributed by atoms with E-state index in [1.54, 1.807) is 6.07 Å². The standard InChI is InChI=1S/C8H6N8/c9-4-1-3-5(14-4)15-6-7(12-2-11-6)16-8(10)13-3/h1-2H,(H4,9,10,11,12,13,14,15,16). The quantitative estimate of drug-likeness (QED) is 0.454. The topological polar surface area (TPSA) is 130 Å². The van der Waals surface area contributed by atoms with E-state index in [9.17, 15) is 0 Å². The van der Waals surface area contributed by atoms with E-state index in [0.717, 1.165) is 0 Å². The Balaban J connectivity index is 2.53. The maximum atomic E-state index is 7.54. The number of rotatable bonds is 0. The highest BCUT2D eigenvalue weighted by Crippen LogP contribution is 2.12. The third kappa shape index (κ3) is 1.24. The molecule has 0 aliphatic carbocycles. The molecule has 0 spiro atoms. The number of aromatic amines is 1. The SMILES string of the molecule is N=c1nc2ncnc-2nc2[nH]c(N)cc2n1. The number of nitrogens with two attached hydrogens (primary N) is 1. The van der Waals surface area contributed by atoms with Crippen LogP contribution in [0.1, 0.15) is 0 Å². The second kappa shape index (κ2) is 2.92. The van der Waals surface area contributed by atoms with Crippen molar-refractivity contribution in [1.29, 1.82) is 5.41 Å². The van der Waals surface area contributed by atoms with Gasteiger partial charge in [-0.25, -0.2) is 19.9 Å². The fraction of sp³-hybridized carbons (Fsp3) is 0. The van der Waals surface area contributed by atoms with Crippen LogP contribution >= 0.6 is 0 Å². The van der Waals surface area contributed by atoms with Crippen LogP contribution in [0.25, 0.3) is 22.8 Å². The molecule has 3 heterocycles. The van der Waals surface area contributed by atoms with Gasteiger partial charge in [0.15, 0.2) is 5.65 Å². The van der Waals surface area contributed by atoms with Gasteiger partial charge in [-0.15, -0.1) is 0 Å². The van der Waals surface area contributed by atoms with Crippen molar-refractivity contribution in [2.45, 2.75) is 0 Å². The maximum Gasteiger partial charge on any atom is 0.244 e. The van der Waals surface area contributed by atoms with Crippen LogP contribution in [0.2, 0.25) is 0 Å².